The average Bonchev–Trinajstić information content (AvgIpc) is 2.81. The quantitative estimate of drug-likeness (QED) is 0.601. The van der Waals surface area contributed by atoms with Gasteiger partial charge in [0, 0.05) is 5.39 Å². The van der Waals surface area contributed by atoms with Crippen LogP contribution in [-0.4, -0.2) is 43.5 Å². The lowest BCUT2D eigenvalue weighted by Gasteiger charge is -2.22. The Morgan fingerprint density at radius 2 is 1.90 bits per heavy atom. The Bertz CT molecular complexity index is 1150. The molecular formula is C25H25NO5. The molecular weight excluding hydrogens is 394 g/mol. The van der Waals surface area contributed by atoms with Gasteiger partial charge in [0.05, 0.1) is 37.6 Å². The fraction of sp³-hybridized carbons (Fsp3) is 0.280. The Morgan fingerprint density at radius 1 is 1.10 bits per heavy atom. The number of fused-ring (bicyclic) bond motifs is 2. The van der Waals surface area contributed by atoms with Gasteiger partial charge in [-0.05, 0) is 60.2 Å². The van der Waals surface area contributed by atoms with Crippen LogP contribution in [0.25, 0.3) is 22.6 Å². The van der Waals surface area contributed by atoms with Gasteiger partial charge in [-0.1, -0.05) is 24.3 Å². The largest absolute Gasteiger partial charge is 0.493 e. The summed E-state index contributed by atoms with van der Waals surface area (Å²) in [4.78, 5) is 17.8. The van der Waals surface area contributed by atoms with E-state index in [9.17, 15) is 4.79 Å². The van der Waals surface area contributed by atoms with Gasteiger partial charge in [-0.3, -0.25) is 0 Å². The molecule has 6 heteroatoms. The van der Waals surface area contributed by atoms with Crippen molar-refractivity contribution in [3.63, 3.8) is 0 Å². The fourth-order valence-corrected chi connectivity index (χ4v) is 4.06. The first-order valence-corrected chi connectivity index (χ1v) is 10.3. The van der Waals surface area contributed by atoms with Gasteiger partial charge in [-0.15, -0.1) is 0 Å². The van der Waals surface area contributed by atoms with Crippen molar-refractivity contribution in [1.29, 1.82) is 0 Å². The van der Waals surface area contributed by atoms with E-state index in [1.54, 1.807) is 14.2 Å². The molecule has 0 radical (unpaired) electrons. The van der Waals surface area contributed by atoms with Crippen LogP contribution in [0.3, 0.4) is 0 Å². The Balaban J connectivity index is 1.86. The molecule has 0 spiro atoms. The van der Waals surface area contributed by atoms with Crippen molar-refractivity contribution < 1.29 is 24.1 Å². The number of pyridine rings is 1. The van der Waals surface area contributed by atoms with Gasteiger partial charge in [0.25, 0.3) is 0 Å². The molecule has 3 aromatic rings. The third-order valence-corrected chi connectivity index (χ3v) is 5.45. The van der Waals surface area contributed by atoms with Gasteiger partial charge < -0.3 is 19.3 Å². The van der Waals surface area contributed by atoms with Gasteiger partial charge in [0.2, 0.25) is 0 Å². The van der Waals surface area contributed by atoms with Crippen LogP contribution >= 0.6 is 0 Å². The van der Waals surface area contributed by atoms with Crippen molar-refractivity contribution in [3.05, 3.63) is 64.8 Å². The molecule has 0 amide bonds. The SMILES string of the molecule is COc1ccc(/C=C2\CCCc3c2nc2ccccc2c3C(=O)OCCO)cc1OC. The van der Waals surface area contributed by atoms with E-state index in [1.165, 1.54) is 0 Å². The predicted octanol–water partition coefficient (Wildman–Crippen LogP) is 4.28. The molecule has 0 saturated carbocycles. The van der Waals surface area contributed by atoms with E-state index in [2.05, 4.69) is 6.08 Å². The van der Waals surface area contributed by atoms with Gasteiger partial charge in [-0.25, -0.2) is 9.78 Å². The maximum absolute atomic E-state index is 12.9. The molecule has 0 bridgehead atoms. The Hall–Kier alpha value is -3.38. The number of para-hydroxylation sites is 1. The second-order valence-corrected chi connectivity index (χ2v) is 7.33. The van der Waals surface area contributed by atoms with Crippen molar-refractivity contribution in [3.8, 4) is 11.5 Å². The van der Waals surface area contributed by atoms with Crippen LogP contribution in [0, 0.1) is 0 Å². The van der Waals surface area contributed by atoms with E-state index in [0.29, 0.717) is 17.1 Å². The molecule has 1 aliphatic rings. The first-order chi connectivity index (χ1) is 15.2. The summed E-state index contributed by atoms with van der Waals surface area (Å²) in [5.74, 6) is 0.913. The Kier molecular flexibility index (Phi) is 6.18. The summed E-state index contributed by atoms with van der Waals surface area (Å²) in [7, 11) is 3.22. The molecule has 1 aromatic heterocycles. The minimum atomic E-state index is -0.420. The first kappa shape index (κ1) is 20.9. The number of hydrogen-bond acceptors (Lipinski definition) is 6. The van der Waals surface area contributed by atoms with Gasteiger partial charge in [0.1, 0.15) is 6.61 Å². The Labute approximate surface area is 181 Å². The zero-order valence-corrected chi connectivity index (χ0v) is 17.7. The lowest BCUT2D eigenvalue weighted by Crippen LogP contribution is -2.16. The summed E-state index contributed by atoms with van der Waals surface area (Å²) in [6, 6.07) is 13.4. The first-order valence-electron chi connectivity index (χ1n) is 10.3. The molecule has 0 saturated heterocycles. The zero-order valence-electron chi connectivity index (χ0n) is 17.7. The number of ether oxygens (including phenoxy) is 3. The van der Waals surface area contributed by atoms with Crippen LogP contribution in [0.1, 0.15) is 40.0 Å². The minimum absolute atomic E-state index is 0.0292. The van der Waals surface area contributed by atoms with Gasteiger partial charge in [-0.2, -0.15) is 0 Å². The molecule has 6 nitrogen and oxygen atoms in total. The van der Waals surface area contributed by atoms with Gasteiger partial charge >= 0.3 is 5.97 Å². The smallest absolute Gasteiger partial charge is 0.339 e. The zero-order chi connectivity index (χ0) is 21.8. The lowest BCUT2D eigenvalue weighted by atomic mass is 9.86. The van der Waals surface area contributed by atoms with E-state index in [0.717, 1.165) is 52.6 Å². The molecule has 1 N–H and O–H groups in total. The molecule has 160 valence electrons. The molecule has 1 aliphatic carbocycles. The fourth-order valence-electron chi connectivity index (χ4n) is 4.06. The molecule has 1 heterocycles. The van der Waals surface area contributed by atoms with Crippen molar-refractivity contribution in [2.45, 2.75) is 19.3 Å². The molecule has 0 atom stereocenters. The molecule has 0 unspecified atom stereocenters. The molecule has 4 rings (SSSR count). The van der Waals surface area contributed by atoms with Crippen LogP contribution in [-0.2, 0) is 11.2 Å². The summed E-state index contributed by atoms with van der Waals surface area (Å²) in [6.45, 7) is -0.236. The number of carbonyl (C=O) groups excluding carboxylic acids is 1. The monoisotopic (exact) mass is 419 g/mol. The van der Waals surface area contributed by atoms with Crippen LogP contribution in [0.2, 0.25) is 0 Å². The maximum Gasteiger partial charge on any atom is 0.339 e. The molecule has 31 heavy (non-hydrogen) atoms. The lowest BCUT2D eigenvalue weighted by molar-refractivity contribution is 0.0434. The third kappa shape index (κ3) is 4.11. The molecule has 0 fully saturated rings. The summed E-state index contributed by atoms with van der Waals surface area (Å²) in [5.41, 5.74) is 5.06. The average molecular weight is 419 g/mol. The normalized spacial score (nSPS) is 14.4. The number of methoxy groups -OCH3 is 2. The van der Waals surface area contributed by atoms with Crippen LogP contribution in [0.15, 0.2) is 42.5 Å². The van der Waals surface area contributed by atoms with Crippen molar-refractivity contribution >= 4 is 28.5 Å². The topological polar surface area (TPSA) is 77.9 Å². The minimum Gasteiger partial charge on any atom is -0.493 e. The maximum atomic E-state index is 12.9. The van der Waals surface area contributed by atoms with Crippen molar-refractivity contribution in [2.75, 3.05) is 27.4 Å². The Morgan fingerprint density at radius 3 is 2.68 bits per heavy atom. The van der Waals surface area contributed by atoms with Crippen LogP contribution in [0.5, 0.6) is 11.5 Å². The number of benzene rings is 2. The van der Waals surface area contributed by atoms with Crippen LogP contribution in [0.4, 0.5) is 0 Å². The number of carbonyl (C=O) groups is 1. The second-order valence-electron chi connectivity index (χ2n) is 7.33. The number of allylic oxidation sites excluding steroid dienone is 1. The molecule has 0 aliphatic heterocycles. The standard InChI is InChI=1S/C25H25NO5/c1-29-21-11-10-16(15-22(21)30-2)14-17-6-5-8-19-23(25(28)31-13-12-27)18-7-3-4-9-20(18)26-24(17)19/h3-4,7,9-11,14-15,27H,5-6,8,12-13H2,1-2H3/b17-14+. The highest BCUT2D eigenvalue weighted by Crippen LogP contribution is 2.37. The number of aliphatic hydroxyl groups excluding tert-OH is 1. The summed E-state index contributed by atoms with van der Waals surface area (Å²) >= 11 is 0. The number of aromatic nitrogens is 1. The number of esters is 1. The third-order valence-electron chi connectivity index (χ3n) is 5.45. The van der Waals surface area contributed by atoms with E-state index in [4.69, 9.17) is 24.3 Å². The van der Waals surface area contributed by atoms with Crippen molar-refractivity contribution in [1.82, 2.24) is 4.98 Å². The number of aliphatic hydroxyl groups is 1. The van der Waals surface area contributed by atoms with E-state index in [-0.39, 0.29) is 13.2 Å². The number of rotatable bonds is 6. The number of nitrogens with zero attached hydrogens (tertiary/aromatic N) is 1. The van der Waals surface area contributed by atoms with E-state index >= 15 is 0 Å². The highest BCUT2D eigenvalue weighted by atomic mass is 16.5. The second kappa shape index (κ2) is 9.18. The van der Waals surface area contributed by atoms with E-state index in [1.807, 2.05) is 42.5 Å². The predicted molar refractivity (Wildman–Crippen MR) is 119 cm³/mol. The summed E-state index contributed by atoms with van der Waals surface area (Å²) in [5, 5.41) is 9.86. The van der Waals surface area contributed by atoms with E-state index < -0.39 is 5.97 Å². The number of hydrogen-bond donors (Lipinski definition) is 1. The van der Waals surface area contributed by atoms with Crippen molar-refractivity contribution in [2.24, 2.45) is 0 Å². The molecule has 2 aromatic carbocycles. The highest BCUT2D eigenvalue weighted by molar-refractivity contribution is 6.06. The highest BCUT2D eigenvalue weighted by Gasteiger charge is 2.26. The van der Waals surface area contributed by atoms with Gasteiger partial charge in [0.15, 0.2) is 11.5 Å². The van der Waals surface area contributed by atoms with Crippen LogP contribution < -0.4 is 9.47 Å². The summed E-state index contributed by atoms with van der Waals surface area (Å²) < 4.78 is 16.1. The summed E-state index contributed by atoms with van der Waals surface area (Å²) in [6.07, 6.45) is 4.61.